The molecule has 0 aliphatic carbocycles. The van der Waals surface area contributed by atoms with Gasteiger partial charge in [0.25, 0.3) is 0 Å². The van der Waals surface area contributed by atoms with Gasteiger partial charge in [0.05, 0.1) is 22.8 Å². The standard InChI is InChI=1S/C34H29BN4O2/c1-33(2)34(3,4)41-35(40-33)29-15-9-14-28(21-29)32-38-30(25-11-6-5-7-12-25)37-31(39-32)26-18-16-24(17-19-26)27-13-8-10-23(20-27)22-36/h5-21H,1-4H3. The maximum absolute atomic E-state index is 9.28. The van der Waals surface area contributed by atoms with E-state index >= 15 is 0 Å². The fourth-order valence-corrected chi connectivity index (χ4v) is 4.73. The Kier molecular flexibility index (Phi) is 6.74. The van der Waals surface area contributed by atoms with Gasteiger partial charge in [0, 0.05) is 16.7 Å². The van der Waals surface area contributed by atoms with E-state index in [0.717, 1.165) is 33.3 Å². The molecule has 1 aliphatic heterocycles. The minimum Gasteiger partial charge on any atom is -0.399 e. The molecule has 1 aliphatic rings. The number of rotatable bonds is 5. The van der Waals surface area contributed by atoms with Crippen LogP contribution in [-0.4, -0.2) is 33.3 Å². The first-order valence-electron chi connectivity index (χ1n) is 13.6. The Hall–Kier alpha value is -4.64. The van der Waals surface area contributed by atoms with E-state index < -0.39 is 18.3 Å². The molecule has 41 heavy (non-hydrogen) atoms. The lowest BCUT2D eigenvalue weighted by atomic mass is 9.78. The van der Waals surface area contributed by atoms with Gasteiger partial charge >= 0.3 is 7.12 Å². The Morgan fingerprint density at radius 2 is 1.07 bits per heavy atom. The highest BCUT2D eigenvalue weighted by Gasteiger charge is 2.51. The van der Waals surface area contributed by atoms with Crippen molar-refractivity contribution in [2.75, 3.05) is 0 Å². The first kappa shape index (κ1) is 26.6. The molecule has 2 heterocycles. The Bertz CT molecular complexity index is 1750. The van der Waals surface area contributed by atoms with Gasteiger partial charge in [-0.05, 0) is 56.4 Å². The second-order valence-electron chi connectivity index (χ2n) is 11.2. The number of benzene rings is 4. The summed E-state index contributed by atoms with van der Waals surface area (Å²) < 4.78 is 12.6. The van der Waals surface area contributed by atoms with Crippen LogP contribution in [0.5, 0.6) is 0 Å². The third-order valence-corrected chi connectivity index (χ3v) is 7.81. The summed E-state index contributed by atoms with van der Waals surface area (Å²) in [6.45, 7) is 8.19. The Morgan fingerprint density at radius 3 is 1.71 bits per heavy atom. The lowest BCUT2D eigenvalue weighted by Crippen LogP contribution is -2.41. The second-order valence-corrected chi connectivity index (χ2v) is 11.2. The topological polar surface area (TPSA) is 80.9 Å². The molecule has 4 aromatic carbocycles. The summed E-state index contributed by atoms with van der Waals surface area (Å²) in [5, 5.41) is 9.28. The average Bonchev–Trinajstić information content (AvgIpc) is 3.23. The summed E-state index contributed by atoms with van der Waals surface area (Å²) in [5.41, 5.74) is 5.29. The zero-order valence-corrected chi connectivity index (χ0v) is 23.5. The number of nitrogens with zero attached hydrogens (tertiary/aromatic N) is 4. The van der Waals surface area contributed by atoms with Gasteiger partial charge in [-0.3, -0.25) is 0 Å². The van der Waals surface area contributed by atoms with Gasteiger partial charge in [-0.15, -0.1) is 0 Å². The van der Waals surface area contributed by atoms with E-state index in [9.17, 15) is 5.26 Å². The summed E-state index contributed by atoms with van der Waals surface area (Å²) in [6.07, 6.45) is 0. The highest BCUT2D eigenvalue weighted by molar-refractivity contribution is 6.62. The van der Waals surface area contributed by atoms with Crippen LogP contribution in [0.4, 0.5) is 0 Å². The maximum Gasteiger partial charge on any atom is 0.494 e. The van der Waals surface area contributed by atoms with Crippen molar-refractivity contribution in [1.29, 1.82) is 5.26 Å². The van der Waals surface area contributed by atoms with Crippen LogP contribution in [0.3, 0.4) is 0 Å². The van der Waals surface area contributed by atoms with E-state index in [0.29, 0.717) is 23.0 Å². The highest BCUT2D eigenvalue weighted by Crippen LogP contribution is 2.36. The molecular formula is C34H29BN4O2. The molecule has 5 aromatic rings. The minimum atomic E-state index is -0.484. The molecule has 0 amide bonds. The van der Waals surface area contributed by atoms with Crippen LogP contribution in [-0.2, 0) is 9.31 Å². The summed E-state index contributed by atoms with van der Waals surface area (Å²) in [5.74, 6) is 1.74. The number of hydrogen-bond donors (Lipinski definition) is 0. The third kappa shape index (κ3) is 5.28. The Morgan fingerprint density at radius 1 is 0.561 bits per heavy atom. The Balaban J connectivity index is 1.40. The summed E-state index contributed by atoms with van der Waals surface area (Å²) in [6, 6.07) is 35.8. The second kappa shape index (κ2) is 10.4. The molecule has 1 fully saturated rings. The highest BCUT2D eigenvalue weighted by atomic mass is 16.7. The first-order chi connectivity index (χ1) is 19.7. The largest absolute Gasteiger partial charge is 0.494 e. The van der Waals surface area contributed by atoms with E-state index in [1.54, 1.807) is 6.07 Å². The molecule has 200 valence electrons. The number of aromatic nitrogens is 3. The van der Waals surface area contributed by atoms with Gasteiger partial charge in [0.2, 0.25) is 0 Å². The van der Waals surface area contributed by atoms with Crippen LogP contribution in [0.2, 0.25) is 0 Å². The number of hydrogen-bond acceptors (Lipinski definition) is 6. The summed E-state index contributed by atoms with van der Waals surface area (Å²) in [4.78, 5) is 14.6. The SMILES string of the molecule is CC1(C)OB(c2cccc(-c3nc(-c4ccccc4)nc(-c4ccc(-c5cccc(C#N)c5)cc4)n3)c2)OC1(C)C. The third-order valence-electron chi connectivity index (χ3n) is 7.81. The van der Waals surface area contributed by atoms with Gasteiger partial charge in [-0.1, -0.05) is 91.0 Å². The van der Waals surface area contributed by atoms with Gasteiger partial charge in [0.15, 0.2) is 17.5 Å². The van der Waals surface area contributed by atoms with E-state index in [4.69, 9.17) is 24.3 Å². The van der Waals surface area contributed by atoms with Crippen LogP contribution < -0.4 is 5.46 Å². The van der Waals surface area contributed by atoms with Gasteiger partial charge in [-0.2, -0.15) is 5.26 Å². The Labute approximate surface area is 240 Å². The monoisotopic (exact) mass is 536 g/mol. The molecule has 0 unspecified atom stereocenters. The molecule has 7 heteroatoms. The van der Waals surface area contributed by atoms with Crippen LogP contribution in [0.1, 0.15) is 33.3 Å². The normalized spacial score (nSPS) is 15.4. The van der Waals surface area contributed by atoms with Crippen LogP contribution in [0.15, 0.2) is 103 Å². The van der Waals surface area contributed by atoms with Gasteiger partial charge in [-0.25, -0.2) is 15.0 Å². The molecule has 1 aromatic heterocycles. The quantitative estimate of drug-likeness (QED) is 0.232. The van der Waals surface area contributed by atoms with Crippen molar-refractivity contribution in [2.45, 2.75) is 38.9 Å². The van der Waals surface area contributed by atoms with Gasteiger partial charge < -0.3 is 9.31 Å². The molecule has 1 saturated heterocycles. The van der Waals surface area contributed by atoms with Crippen molar-refractivity contribution in [3.8, 4) is 51.4 Å². The zero-order valence-electron chi connectivity index (χ0n) is 23.5. The first-order valence-corrected chi connectivity index (χ1v) is 13.6. The van der Waals surface area contributed by atoms with E-state index in [-0.39, 0.29) is 0 Å². The summed E-state index contributed by atoms with van der Waals surface area (Å²) in [7, 11) is -0.484. The molecule has 0 bridgehead atoms. The molecule has 6 nitrogen and oxygen atoms in total. The average molecular weight is 536 g/mol. The fourth-order valence-electron chi connectivity index (χ4n) is 4.73. The molecular weight excluding hydrogens is 507 g/mol. The van der Waals surface area contributed by atoms with Crippen LogP contribution in [0.25, 0.3) is 45.3 Å². The summed E-state index contributed by atoms with van der Waals surface area (Å²) >= 11 is 0. The fraction of sp³-hybridized carbons (Fsp3) is 0.176. The lowest BCUT2D eigenvalue weighted by molar-refractivity contribution is 0.00578. The van der Waals surface area contributed by atoms with E-state index in [1.165, 1.54) is 0 Å². The van der Waals surface area contributed by atoms with Crippen molar-refractivity contribution < 1.29 is 9.31 Å². The zero-order chi connectivity index (χ0) is 28.6. The molecule has 6 rings (SSSR count). The number of nitriles is 1. The van der Waals surface area contributed by atoms with Crippen molar-refractivity contribution in [1.82, 2.24) is 15.0 Å². The van der Waals surface area contributed by atoms with E-state index in [2.05, 4.69) is 6.07 Å². The van der Waals surface area contributed by atoms with Gasteiger partial charge in [0.1, 0.15) is 0 Å². The predicted octanol–water partition coefficient (Wildman–Crippen LogP) is 6.71. The smallest absolute Gasteiger partial charge is 0.399 e. The van der Waals surface area contributed by atoms with Crippen LogP contribution in [0, 0.1) is 11.3 Å². The minimum absolute atomic E-state index is 0.434. The lowest BCUT2D eigenvalue weighted by Gasteiger charge is -2.32. The van der Waals surface area contributed by atoms with E-state index in [1.807, 2.05) is 125 Å². The predicted molar refractivity (Wildman–Crippen MR) is 162 cm³/mol. The van der Waals surface area contributed by atoms with Crippen molar-refractivity contribution in [3.05, 3.63) is 109 Å². The van der Waals surface area contributed by atoms with Crippen molar-refractivity contribution in [2.24, 2.45) is 0 Å². The van der Waals surface area contributed by atoms with Crippen LogP contribution >= 0.6 is 0 Å². The van der Waals surface area contributed by atoms with Crippen molar-refractivity contribution >= 4 is 12.6 Å². The molecule has 0 spiro atoms. The molecule has 0 radical (unpaired) electrons. The van der Waals surface area contributed by atoms with Crippen molar-refractivity contribution in [3.63, 3.8) is 0 Å². The molecule has 0 saturated carbocycles. The maximum atomic E-state index is 9.28. The molecule has 0 atom stereocenters. The molecule has 0 N–H and O–H groups in total.